The number of nitrogens with zero attached hydrogens (tertiary/aromatic N) is 1. The Labute approximate surface area is 107 Å². The van der Waals surface area contributed by atoms with Crippen molar-refractivity contribution >= 4 is 17.2 Å². The van der Waals surface area contributed by atoms with Gasteiger partial charge in [-0.25, -0.2) is 4.98 Å². The number of hydrogen-bond donors (Lipinski definition) is 2. The number of thiazole rings is 1. The highest BCUT2D eigenvalue weighted by atomic mass is 32.1. The molecule has 1 amide bonds. The standard InChI is InChI=1S/C12H21N3OS/c1-4-6-12(3,13)11(16)14-7-9-8-17-10(5-2)15-9/h8H,4-7,13H2,1-3H3,(H,14,16). The van der Waals surface area contributed by atoms with Crippen molar-refractivity contribution in [3.63, 3.8) is 0 Å². The van der Waals surface area contributed by atoms with E-state index in [0.29, 0.717) is 13.0 Å². The van der Waals surface area contributed by atoms with Crippen LogP contribution in [-0.4, -0.2) is 16.4 Å². The number of carbonyl (C=O) groups excluding carboxylic acids is 1. The van der Waals surface area contributed by atoms with Crippen molar-refractivity contribution in [1.29, 1.82) is 0 Å². The molecule has 0 aliphatic carbocycles. The van der Waals surface area contributed by atoms with E-state index in [4.69, 9.17) is 5.73 Å². The third-order valence-corrected chi connectivity index (χ3v) is 3.66. The summed E-state index contributed by atoms with van der Waals surface area (Å²) in [6.45, 7) is 6.32. The van der Waals surface area contributed by atoms with E-state index in [9.17, 15) is 4.79 Å². The van der Waals surface area contributed by atoms with Crippen molar-refractivity contribution in [3.8, 4) is 0 Å². The number of nitrogens with one attached hydrogen (secondary N) is 1. The van der Waals surface area contributed by atoms with E-state index < -0.39 is 5.54 Å². The fourth-order valence-electron chi connectivity index (χ4n) is 1.60. The lowest BCUT2D eigenvalue weighted by Gasteiger charge is -2.22. The van der Waals surface area contributed by atoms with Gasteiger partial charge in [-0.3, -0.25) is 4.79 Å². The molecule has 96 valence electrons. The summed E-state index contributed by atoms with van der Waals surface area (Å²) in [5.74, 6) is -0.106. The number of amides is 1. The van der Waals surface area contributed by atoms with Crippen LogP contribution in [0.4, 0.5) is 0 Å². The van der Waals surface area contributed by atoms with E-state index in [0.717, 1.165) is 23.5 Å². The van der Waals surface area contributed by atoms with Crippen LogP contribution < -0.4 is 11.1 Å². The summed E-state index contributed by atoms with van der Waals surface area (Å²) in [4.78, 5) is 16.2. The van der Waals surface area contributed by atoms with Gasteiger partial charge in [-0.05, 0) is 19.8 Å². The molecule has 3 N–H and O–H groups in total. The van der Waals surface area contributed by atoms with Crippen molar-refractivity contribution in [2.75, 3.05) is 0 Å². The molecular formula is C12H21N3OS. The molecule has 1 heterocycles. The van der Waals surface area contributed by atoms with Gasteiger partial charge in [-0.15, -0.1) is 11.3 Å². The lowest BCUT2D eigenvalue weighted by molar-refractivity contribution is -0.126. The van der Waals surface area contributed by atoms with Gasteiger partial charge in [0.05, 0.1) is 22.8 Å². The van der Waals surface area contributed by atoms with Gasteiger partial charge in [-0.1, -0.05) is 20.3 Å². The van der Waals surface area contributed by atoms with Crippen molar-refractivity contribution in [2.24, 2.45) is 5.73 Å². The summed E-state index contributed by atoms with van der Waals surface area (Å²) < 4.78 is 0. The number of nitrogens with two attached hydrogens (primary N) is 1. The van der Waals surface area contributed by atoms with Crippen LogP contribution in [0.2, 0.25) is 0 Å². The molecule has 0 fully saturated rings. The lowest BCUT2D eigenvalue weighted by Crippen LogP contribution is -2.51. The summed E-state index contributed by atoms with van der Waals surface area (Å²) in [6, 6.07) is 0. The second kappa shape index (κ2) is 6.12. The SMILES string of the molecule is CCCC(C)(N)C(=O)NCc1csc(CC)n1. The Balaban J connectivity index is 2.47. The Hall–Kier alpha value is -0.940. The zero-order valence-electron chi connectivity index (χ0n) is 10.7. The Bertz CT molecular complexity index is 374. The van der Waals surface area contributed by atoms with E-state index in [1.54, 1.807) is 18.3 Å². The smallest absolute Gasteiger partial charge is 0.240 e. The summed E-state index contributed by atoms with van der Waals surface area (Å²) in [5, 5.41) is 5.92. The van der Waals surface area contributed by atoms with Crippen LogP contribution >= 0.6 is 11.3 Å². The molecule has 1 atom stereocenters. The maximum absolute atomic E-state index is 11.8. The summed E-state index contributed by atoms with van der Waals surface area (Å²) in [7, 11) is 0. The molecule has 0 aliphatic rings. The number of hydrogen-bond acceptors (Lipinski definition) is 4. The lowest BCUT2D eigenvalue weighted by atomic mass is 9.96. The quantitative estimate of drug-likeness (QED) is 0.815. The molecule has 1 aromatic rings. The second-order valence-corrected chi connectivity index (χ2v) is 5.38. The topological polar surface area (TPSA) is 68.0 Å². The van der Waals surface area contributed by atoms with Crippen LogP contribution in [0, 0.1) is 0 Å². The molecular weight excluding hydrogens is 234 g/mol. The molecule has 4 nitrogen and oxygen atoms in total. The van der Waals surface area contributed by atoms with E-state index >= 15 is 0 Å². The average Bonchev–Trinajstić information content (AvgIpc) is 2.73. The van der Waals surface area contributed by atoms with Gasteiger partial charge in [0.15, 0.2) is 0 Å². The van der Waals surface area contributed by atoms with Gasteiger partial charge in [0.1, 0.15) is 0 Å². The van der Waals surface area contributed by atoms with Crippen LogP contribution in [0.1, 0.15) is 44.3 Å². The maximum atomic E-state index is 11.8. The maximum Gasteiger partial charge on any atom is 0.240 e. The monoisotopic (exact) mass is 255 g/mol. The fourth-order valence-corrected chi connectivity index (χ4v) is 2.34. The molecule has 0 saturated carbocycles. The van der Waals surface area contributed by atoms with Gasteiger partial charge in [-0.2, -0.15) is 0 Å². The van der Waals surface area contributed by atoms with Gasteiger partial charge >= 0.3 is 0 Å². The van der Waals surface area contributed by atoms with Gasteiger partial charge < -0.3 is 11.1 Å². The predicted octanol–water partition coefficient (Wildman–Crippen LogP) is 1.84. The summed E-state index contributed by atoms with van der Waals surface area (Å²) in [5.41, 5.74) is 6.07. The first kappa shape index (κ1) is 14.1. The third kappa shape index (κ3) is 4.09. The largest absolute Gasteiger partial charge is 0.349 e. The highest BCUT2D eigenvalue weighted by molar-refractivity contribution is 7.09. The van der Waals surface area contributed by atoms with Crippen LogP contribution in [0.15, 0.2) is 5.38 Å². The molecule has 0 aromatic carbocycles. The summed E-state index contributed by atoms with van der Waals surface area (Å²) in [6.07, 6.45) is 2.52. The van der Waals surface area contributed by atoms with Crippen molar-refractivity contribution in [1.82, 2.24) is 10.3 Å². The molecule has 0 bridgehead atoms. The Kier molecular flexibility index (Phi) is 5.08. The Morgan fingerprint density at radius 2 is 2.29 bits per heavy atom. The fraction of sp³-hybridized carbons (Fsp3) is 0.667. The first-order valence-electron chi connectivity index (χ1n) is 6.00. The van der Waals surface area contributed by atoms with Crippen molar-refractivity contribution in [3.05, 3.63) is 16.1 Å². The zero-order valence-corrected chi connectivity index (χ0v) is 11.6. The van der Waals surface area contributed by atoms with E-state index in [1.165, 1.54) is 0 Å². The second-order valence-electron chi connectivity index (χ2n) is 4.44. The molecule has 0 saturated heterocycles. The number of carbonyl (C=O) groups is 1. The molecule has 1 unspecified atom stereocenters. The van der Waals surface area contributed by atoms with Crippen LogP contribution in [0.25, 0.3) is 0 Å². The molecule has 1 rings (SSSR count). The summed E-state index contributed by atoms with van der Waals surface area (Å²) >= 11 is 1.63. The molecule has 17 heavy (non-hydrogen) atoms. The normalized spacial score (nSPS) is 14.4. The van der Waals surface area contributed by atoms with Gasteiger partial charge in [0.2, 0.25) is 5.91 Å². The number of rotatable bonds is 6. The predicted molar refractivity (Wildman–Crippen MR) is 70.8 cm³/mol. The Morgan fingerprint density at radius 1 is 1.59 bits per heavy atom. The van der Waals surface area contributed by atoms with Crippen LogP contribution in [0.5, 0.6) is 0 Å². The van der Waals surface area contributed by atoms with Crippen molar-refractivity contribution < 1.29 is 4.79 Å². The van der Waals surface area contributed by atoms with Crippen LogP contribution in [0.3, 0.4) is 0 Å². The van der Waals surface area contributed by atoms with E-state index in [-0.39, 0.29) is 5.91 Å². The highest BCUT2D eigenvalue weighted by Crippen LogP contribution is 2.11. The number of aromatic nitrogens is 1. The molecule has 5 heteroatoms. The minimum atomic E-state index is -0.779. The van der Waals surface area contributed by atoms with Gasteiger partial charge in [0.25, 0.3) is 0 Å². The number of aryl methyl sites for hydroxylation is 1. The van der Waals surface area contributed by atoms with E-state index in [1.807, 2.05) is 12.3 Å². The average molecular weight is 255 g/mol. The molecule has 0 radical (unpaired) electrons. The zero-order chi connectivity index (χ0) is 12.9. The first-order chi connectivity index (χ1) is 7.99. The highest BCUT2D eigenvalue weighted by Gasteiger charge is 2.26. The first-order valence-corrected chi connectivity index (χ1v) is 6.88. The molecule has 0 spiro atoms. The van der Waals surface area contributed by atoms with E-state index in [2.05, 4.69) is 17.2 Å². The van der Waals surface area contributed by atoms with Crippen LogP contribution in [-0.2, 0) is 17.8 Å². The Morgan fingerprint density at radius 3 is 2.82 bits per heavy atom. The minimum absolute atomic E-state index is 0.106. The minimum Gasteiger partial charge on any atom is -0.349 e. The molecule has 0 aliphatic heterocycles. The van der Waals surface area contributed by atoms with Crippen molar-refractivity contribution in [2.45, 2.75) is 52.1 Å². The third-order valence-electron chi connectivity index (χ3n) is 2.62. The van der Waals surface area contributed by atoms with Gasteiger partial charge in [0, 0.05) is 5.38 Å². The molecule has 1 aromatic heterocycles.